The molecule has 23 heavy (non-hydrogen) atoms. The number of benzene rings is 1. The maximum Gasteiger partial charge on any atom is -0.0281 e. The second-order valence-electron chi connectivity index (χ2n) is 7.28. The van der Waals surface area contributed by atoms with Crippen molar-refractivity contribution in [3.8, 4) is 0 Å². The molecule has 0 unspecified atom stereocenters. The third-order valence-corrected chi connectivity index (χ3v) is 5.29. The van der Waals surface area contributed by atoms with Gasteiger partial charge in [-0.05, 0) is 41.4 Å². The fraction of sp³-hybridized carbons (Fsp3) is 0.739. The Kier molecular flexibility index (Phi) is 12.2. The Morgan fingerprint density at radius 3 is 0.957 bits per heavy atom. The first kappa shape index (κ1) is 22.2. The predicted molar refractivity (Wildman–Crippen MR) is 107 cm³/mol. The molecule has 0 aliphatic heterocycles. The summed E-state index contributed by atoms with van der Waals surface area (Å²) in [5.74, 6) is 0. The van der Waals surface area contributed by atoms with Gasteiger partial charge in [-0.1, -0.05) is 105 Å². The van der Waals surface area contributed by atoms with E-state index < -0.39 is 0 Å². The van der Waals surface area contributed by atoms with Crippen LogP contribution >= 0.6 is 0 Å². The maximum atomic E-state index is 2.40. The molecule has 134 valence electrons. The average molecular weight is 319 g/mol. The van der Waals surface area contributed by atoms with Crippen molar-refractivity contribution in [2.24, 2.45) is 5.41 Å². The molecule has 0 heterocycles. The third kappa shape index (κ3) is 9.18. The summed E-state index contributed by atoms with van der Waals surface area (Å²) in [5.41, 5.74) is 5.23. The molecule has 0 nitrogen and oxygen atoms in total. The molecule has 1 aromatic rings. The number of hydrogen-bond donors (Lipinski definition) is 0. The van der Waals surface area contributed by atoms with Gasteiger partial charge in [0.1, 0.15) is 0 Å². The monoisotopic (exact) mass is 318 g/mol. The molecular formula is C23H42. The first-order valence-corrected chi connectivity index (χ1v) is 10.1. The molecule has 0 atom stereocenters. The SMILES string of the molecule is CCC(C)(CC)CC.CCCc1cc(CCC)cc(CCC)c1. The van der Waals surface area contributed by atoms with E-state index >= 15 is 0 Å². The van der Waals surface area contributed by atoms with Crippen LogP contribution in [0.15, 0.2) is 18.2 Å². The van der Waals surface area contributed by atoms with Crippen LogP contribution in [0.3, 0.4) is 0 Å². The van der Waals surface area contributed by atoms with Crippen molar-refractivity contribution in [3.05, 3.63) is 34.9 Å². The molecule has 0 aromatic heterocycles. The van der Waals surface area contributed by atoms with Gasteiger partial charge in [0.25, 0.3) is 0 Å². The number of rotatable bonds is 9. The van der Waals surface area contributed by atoms with Gasteiger partial charge in [0, 0.05) is 0 Å². The van der Waals surface area contributed by atoms with Crippen LogP contribution in [-0.2, 0) is 19.3 Å². The standard InChI is InChI=1S/C15H24.C8H18/c1-4-7-13-10-14(8-5-2)12-15(11-13)9-6-3;1-5-8(4,6-2)7-3/h10-12H,4-9H2,1-3H3;5-7H2,1-4H3. The minimum atomic E-state index is 0.625. The van der Waals surface area contributed by atoms with Crippen molar-refractivity contribution in [1.82, 2.24) is 0 Å². The molecule has 0 amide bonds. The van der Waals surface area contributed by atoms with Gasteiger partial charge in [-0.2, -0.15) is 0 Å². The highest BCUT2D eigenvalue weighted by molar-refractivity contribution is 5.30. The Morgan fingerprint density at radius 2 is 0.826 bits per heavy atom. The zero-order chi connectivity index (χ0) is 17.7. The molecule has 0 fully saturated rings. The zero-order valence-corrected chi connectivity index (χ0v) is 17.1. The maximum absolute atomic E-state index is 2.40. The second-order valence-corrected chi connectivity index (χ2v) is 7.28. The first-order valence-electron chi connectivity index (χ1n) is 10.1. The number of hydrogen-bond acceptors (Lipinski definition) is 0. The molecule has 0 saturated heterocycles. The van der Waals surface area contributed by atoms with E-state index in [0.717, 1.165) is 0 Å². The smallest absolute Gasteiger partial charge is 0.0281 e. The largest absolute Gasteiger partial charge is 0.0651 e. The molecule has 0 heteroatoms. The average Bonchev–Trinajstić information content (AvgIpc) is 2.55. The highest BCUT2D eigenvalue weighted by atomic mass is 14.2. The van der Waals surface area contributed by atoms with Crippen LogP contribution in [0, 0.1) is 5.41 Å². The van der Waals surface area contributed by atoms with Crippen LogP contribution in [0.1, 0.15) is 104 Å². The summed E-state index contributed by atoms with van der Waals surface area (Å²) in [5, 5.41) is 0. The molecule has 0 aliphatic rings. The van der Waals surface area contributed by atoms with Crippen LogP contribution in [0.4, 0.5) is 0 Å². The van der Waals surface area contributed by atoms with Crippen LogP contribution in [0.2, 0.25) is 0 Å². The minimum absolute atomic E-state index is 0.625. The van der Waals surface area contributed by atoms with E-state index in [0.29, 0.717) is 5.41 Å². The molecule has 0 radical (unpaired) electrons. The first-order chi connectivity index (χ1) is 11.0. The van der Waals surface area contributed by atoms with Crippen molar-refractivity contribution < 1.29 is 0 Å². The van der Waals surface area contributed by atoms with Gasteiger partial charge in [0.2, 0.25) is 0 Å². The summed E-state index contributed by atoms with van der Waals surface area (Å²) in [6.45, 7) is 15.9. The highest BCUT2D eigenvalue weighted by Crippen LogP contribution is 2.28. The summed E-state index contributed by atoms with van der Waals surface area (Å²) < 4.78 is 0. The lowest BCUT2D eigenvalue weighted by atomic mass is 9.82. The molecular weight excluding hydrogens is 276 g/mol. The van der Waals surface area contributed by atoms with Crippen LogP contribution < -0.4 is 0 Å². The van der Waals surface area contributed by atoms with Crippen LogP contribution in [0.25, 0.3) is 0 Å². The Labute approximate surface area is 147 Å². The summed E-state index contributed by atoms with van der Waals surface area (Å²) >= 11 is 0. The van der Waals surface area contributed by atoms with Gasteiger partial charge >= 0.3 is 0 Å². The van der Waals surface area contributed by atoms with E-state index in [1.54, 1.807) is 0 Å². The topological polar surface area (TPSA) is 0 Å². The van der Waals surface area contributed by atoms with Gasteiger partial charge < -0.3 is 0 Å². The van der Waals surface area contributed by atoms with Gasteiger partial charge in [-0.3, -0.25) is 0 Å². The molecule has 0 saturated carbocycles. The Bertz CT molecular complexity index is 330. The second kappa shape index (κ2) is 12.6. The molecule has 0 spiro atoms. The molecule has 0 bridgehead atoms. The van der Waals surface area contributed by atoms with E-state index in [2.05, 4.69) is 66.7 Å². The Morgan fingerprint density at radius 1 is 0.565 bits per heavy atom. The van der Waals surface area contributed by atoms with Crippen molar-refractivity contribution in [1.29, 1.82) is 0 Å². The number of aryl methyl sites for hydroxylation is 3. The molecule has 0 N–H and O–H groups in total. The third-order valence-electron chi connectivity index (χ3n) is 5.29. The van der Waals surface area contributed by atoms with Gasteiger partial charge in [0.05, 0.1) is 0 Å². The van der Waals surface area contributed by atoms with Gasteiger partial charge in [-0.15, -0.1) is 0 Å². The fourth-order valence-corrected chi connectivity index (χ4v) is 2.89. The van der Waals surface area contributed by atoms with Crippen LogP contribution in [-0.4, -0.2) is 0 Å². The summed E-state index contributed by atoms with van der Waals surface area (Å²) in [7, 11) is 0. The molecule has 1 aromatic carbocycles. The lowest BCUT2D eigenvalue weighted by Gasteiger charge is -2.23. The molecule has 0 aliphatic carbocycles. The fourth-order valence-electron chi connectivity index (χ4n) is 2.89. The van der Waals surface area contributed by atoms with Crippen molar-refractivity contribution in [2.75, 3.05) is 0 Å². The summed E-state index contributed by atoms with van der Waals surface area (Å²) in [6, 6.07) is 7.18. The quantitative estimate of drug-likeness (QED) is 0.436. The van der Waals surface area contributed by atoms with Crippen molar-refractivity contribution in [3.63, 3.8) is 0 Å². The Hall–Kier alpha value is -0.780. The minimum Gasteiger partial charge on any atom is -0.0651 e. The van der Waals surface area contributed by atoms with E-state index in [-0.39, 0.29) is 0 Å². The van der Waals surface area contributed by atoms with E-state index in [9.17, 15) is 0 Å². The summed E-state index contributed by atoms with van der Waals surface area (Å²) in [4.78, 5) is 0. The molecule has 1 rings (SSSR count). The lowest BCUT2D eigenvalue weighted by molar-refractivity contribution is 0.286. The van der Waals surface area contributed by atoms with Gasteiger partial charge in [0.15, 0.2) is 0 Å². The lowest BCUT2D eigenvalue weighted by Crippen LogP contribution is -2.10. The zero-order valence-electron chi connectivity index (χ0n) is 17.1. The highest BCUT2D eigenvalue weighted by Gasteiger charge is 2.15. The van der Waals surface area contributed by atoms with E-state index in [1.807, 2.05) is 0 Å². The normalized spacial score (nSPS) is 11.1. The van der Waals surface area contributed by atoms with Crippen LogP contribution in [0.5, 0.6) is 0 Å². The Balaban J connectivity index is 0.000000515. The predicted octanol–water partition coefficient (Wildman–Crippen LogP) is 7.77. The van der Waals surface area contributed by atoms with E-state index in [1.165, 1.54) is 74.5 Å². The van der Waals surface area contributed by atoms with Gasteiger partial charge in [-0.25, -0.2) is 0 Å². The van der Waals surface area contributed by atoms with E-state index in [4.69, 9.17) is 0 Å². The summed E-state index contributed by atoms with van der Waals surface area (Å²) in [6.07, 6.45) is 11.4. The van der Waals surface area contributed by atoms with Crippen molar-refractivity contribution in [2.45, 2.75) is 106 Å². The van der Waals surface area contributed by atoms with Crippen molar-refractivity contribution >= 4 is 0 Å².